The molecule has 1 aromatic heterocycles. The van der Waals surface area contributed by atoms with E-state index in [-0.39, 0.29) is 19.4 Å². The molecule has 13 heteroatoms. The summed E-state index contributed by atoms with van der Waals surface area (Å²) in [6, 6.07) is -4.23. The van der Waals surface area contributed by atoms with E-state index in [2.05, 4.69) is 20.6 Å². The number of H-pyrrole nitrogens is 1. The quantitative estimate of drug-likeness (QED) is 0.152. The molecule has 9 N–H and O–H groups in total. The number of nitrogens with two attached hydrogens (primary N) is 2. The number of aromatic amines is 1. The number of unbranched alkanes of at least 4 members (excludes halogenated alkanes) is 1. The Bertz CT molecular complexity index is 803. The fourth-order valence-electron chi connectivity index (χ4n) is 3.71. The van der Waals surface area contributed by atoms with Crippen molar-refractivity contribution < 1.29 is 29.4 Å². The molecule has 0 aliphatic carbocycles. The van der Waals surface area contributed by atoms with Crippen molar-refractivity contribution in [1.29, 1.82) is 0 Å². The lowest BCUT2D eigenvalue weighted by Gasteiger charge is -2.29. The molecule has 13 nitrogen and oxygen atoms in total. The molecule has 0 bridgehead atoms. The number of rotatable bonds is 13. The summed E-state index contributed by atoms with van der Waals surface area (Å²) in [5.74, 6) is -3.02. The zero-order valence-corrected chi connectivity index (χ0v) is 18.4. The minimum absolute atomic E-state index is 0.160. The number of carboxylic acids is 1. The molecule has 0 saturated carbocycles. The fraction of sp³-hybridized carbons (Fsp3) is 0.650. The van der Waals surface area contributed by atoms with Crippen LogP contribution >= 0.6 is 0 Å². The van der Waals surface area contributed by atoms with Gasteiger partial charge in [-0.25, -0.2) is 9.78 Å². The molecule has 4 atom stereocenters. The Labute approximate surface area is 191 Å². The van der Waals surface area contributed by atoms with Crippen LogP contribution in [0.4, 0.5) is 0 Å². The number of aromatic nitrogens is 2. The van der Waals surface area contributed by atoms with E-state index in [1.807, 2.05) is 0 Å². The van der Waals surface area contributed by atoms with E-state index in [1.165, 1.54) is 17.4 Å². The number of carbonyl (C=O) groups excluding carboxylic acids is 3. The number of aliphatic hydroxyl groups is 1. The van der Waals surface area contributed by atoms with Crippen LogP contribution in [0.1, 0.15) is 37.8 Å². The zero-order chi connectivity index (χ0) is 24.4. The summed E-state index contributed by atoms with van der Waals surface area (Å²) in [6.45, 7) is -0.0115. The van der Waals surface area contributed by atoms with Gasteiger partial charge >= 0.3 is 5.97 Å². The van der Waals surface area contributed by atoms with Crippen LogP contribution in [0.15, 0.2) is 12.5 Å². The van der Waals surface area contributed by atoms with Crippen molar-refractivity contribution >= 4 is 23.7 Å². The first-order valence-corrected chi connectivity index (χ1v) is 11.0. The van der Waals surface area contributed by atoms with Gasteiger partial charge in [-0.15, -0.1) is 0 Å². The summed E-state index contributed by atoms with van der Waals surface area (Å²) >= 11 is 0. The van der Waals surface area contributed by atoms with E-state index in [1.54, 1.807) is 0 Å². The number of carbonyl (C=O) groups is 4. The summed E-state index contributed by atoms with van der Waals surface area (Å²) in [5.41, 5.74) is 11.9. The van der Waals surface area contributed by atoms with Crippen LogP contribution in [0.3, 0.4) is 0 Å². The molecule has 1 fully saturated rings. The summed E-state index contributed by atoms with van der Waals surface area (Å²) in [7, 11) is 0. The van der Waals surface area contributed by atoms with Crippen LogP contribution in [0.5, 0.6) is 0 Å². The van der Waals surface area contributed by atoms with Crippen LogP contribution in [0, 0.1) is 0 Å². The van der Waals surface area contributed by atoms with Gasteiger partial charge in [-0.2, -0.15) is 0 Å². The largest absolute Gasteiger partial charge is 0.480 e. The number of hydrogen-bond donors (Lipinski definition) is 7. The van der Waals surface area contributed by atoms with Crippen LogP contribution in [-0.4, -0.2) is 92.6 Å². The number of aliphatic hydroxyl groups excluding tert-OH is 1. The molecule has 1 saturated heterocycles. The SMILES string of the molecule is NCCCCC(NC(=O)C1CCCN1C(=O)C(CO)NC(=O)C(N)Cc1cnc[nH]1)C(=O)O. The molecule has 33 heavy (non-hydrogen) atoms. The Morgan fingerprint density at radius 3 is 2.61 bits per heavy atom. The second-order valence-electron chi connectivity index (χ2n) is 8.00. The van der Waals surface area contributed by atoms with Gasteiger partial charge in [0.2, 0.25) is 17.7 Å². The second-order valence-corrected chi connectivity index (χ2v) is 8.00. The predicted octanol–water partition coefficient (Wildman–Crippen LogP) is -2.55. The minimum atomic E-state index is -1.28. The summed E-state index contributed by atoms with van der Waals surface area (Å²) in [6.07, 6.45) is 5.41. The first-order chi connectivity index (χ1) is 15.8. The fourth-order valence-corrected chi connectivity index (χ4v) is 3.71. The molecule has 4 unspecified atom stereocenters. The molecule has 1 aliphatic rings. The van der Waals surface area contributed by atoms with Gasteiger partial charge < -0.3 is 42.2 Å². The number of likely N-dealkylation sites (tertiary alicyclic amines) is 1. The number of hydrogen-bond acceptors (Lipinski definition) is 8. The molecular weight excluding hydrogens is 434 g/mol. The third-order valence-corrected chi connectivity index (χ3v) is 5.53. The van der Waals surface area contributed by atoms with Crippen LogP contribution in [-0.2, 0) is 25.6 Å². The number of nitrogens with zero attached hydrogens (tertiary/aromatic N) is 2. The lowest BCUT2D eigenvalue weighted by molar-refractivity contribution is -0.145. The topological polar surface area (TPSA) is 217 Å². The van der Waals surface area contributed by atoms with Crippen molar-refractivity contribution in [3.8, 4) is 0 Å². The Morgan fingerprint density at radius 1 is 1.24 bits per heavy atom. The monoisotopic (exact) mass is 467 g/mol. The first-order valence-electron chi connectivity index (χ1n) is 11.0. The van der Waals surface area contributed by atoms with Crippen molar-refractivity contribution in [3.63, 3.8) is 0 Å². The maximum absolute atomic E-state index is 13.0. The summed E-state index contributed by atoms with van der Waals surface area (Å²) < 4.78 is 0. The highest BCUT2D eigenvalue weighted by molar-refractivity contribution is 5.94. The Kier molecular flexibility index (Phi) is 10.2. The highest BCUT2D eigenvalue weighted by Gasteiger charge is 2.39. The molecule has 2 rings (SSSR count). The number of imidazole rings is 1. The third-order valence-electron chi connectivity index (χ3n) is 5.53. The maximum Gasteiger partial charge on any atom is 0.326 e. The lowest BCUT2D eigenvalue weighted by atomic mass is 10.1. The van der Waals surface area contributed by atoms with E-state index in [0.29, 0.717) is 37.9 Å². The molecular formula is C20H33N7O6. The van der Waals surface area contributed by atoms with E-state index in [0.717, 1.165) is 0 Å². The predicted molar refractivity (Wildman–Crippen MR) is 116 cm³/mol. The van der Waals surface area contributed by atoms with Crippen molar-refractivity contribution in [2.75, 3.05) is 19.7 Å². The molecule has 0 spiro atoms. The second kappa shape index (κ2) is 12.9. The van der Waals surface area contributed by atoms with Gasteiger partial charge in [0.15, 0.2) is 0 Å². The van der Waals surface area contributed by atoms with Crippen molar-refractivity contribution in [3.05, 3.63) is 18.2 Å². The molecule has 3 amide bonds. The molecule has 184 valence electrons. The molecule has 1 aliphatic heterocycles. The summed E-state index contributed by atoms with van der Waals surface area (Å²) in [4.78, 5) is 57.6. The van der Waals surface area contributed by atoms with Gasteiger partial charge in [0.1, 0.15) is 18.1 Å². The van der Waals surface area contributed by atoms with Crippen molar-refractivity contribution in [2.45, 2.75) is 62.7 Å². The smallest absolute Gasteiger partial charge is 0.326 e. The Morgan fingerprint density at radius 2 is 2.00 bits per heavy atom. The zero-order valence-electron chi connectivity index (χ0n) is 18.4. The van der Waals surface area contributed by atoms with Gasteiger partial charge in [-0.05, 0) is 38.6 Å². The highest BCUT2D eigenvalue weighted by atomic mass is 16.4. The van der Waals surface area contributed by atoms with Crippen LogP contribution in [0.25, 0.3) is 0 Å². The van der Waals surface area contributed by atoms with Crippen LogP contribution in [0.2, 0.25) is 0 Å². The number of carboxylic acid groups (broad SMARTS) is 1. The van der Waals surface area contributed by atoms with Crippen molar-refractivity contribution in [2.24, 2.45) is 11.5 Å². The maximum atomic E-state index is 13.0. The Hall–Kier alpha value is -3.03. The third kappa shape index (κ3) is 7.51. The number of amides is 3. The van der Waals surface area contributed by atoms with Gasteiger partial charge in [0, 0.05) is 24.9 Å². The minimum Gasteiger partial charge on any atom is -0.480 e. The van der Waals surface area contributed by atoms with E-state index >= 15 is 0 Å². The van der Waals surface area contributed by atoms with Gasteiger partial charge in [0.05, 0.1) is 19.0 Å². The number of nitrogens with one attached hydrogen (secondary N) is 3. The molecule has 0 radical (unpaired) electrons. The van der Waals surface area contributed by atoms with E-state index in [9.17, 15) is 29.4 Å². The Balaban J connectivity index is 1.98. The van der Waals surface area contributed by atoms with E-state index < -0.39 is 54.5 Å². The van der Waals surface area contributed by atoms with Gasteiger partial charge in [0.25, 0.3) is 0 Å². The molecule has 2 heterocycles. The molecule has 0 aromatic carbocycles. The normalized spacial score (nSPS) is 18.4. The average Bonchev–Trinajstić information content (AvgIpc) is 3.48. The lowest BCUT2D eigenvalue weighted by Crippen LogP contribution is -2.58. The van der Waals surface area contributed by atoms with Crippen molar-refractivity contribution in [1.82, 2.24) is 25.5 Å². The standard InChI is InChI=1S/C20H33N7O6/c21-6-2-1-4-14(20(32)33)25-18(30)16-5-3-7-27(16)19(31)15(10-28)26-17(29)13(22)8-12-9-23-11-24-12/h9,11,13-16,28H,1-8,10,21-22H2,(H,23,24)(H,25,30)(H,26,29)(H,32,33). The number of aliphatic carboxylic acids is 1. The van der Waals surface area contributed by atoms with Gasteiger partial charge in [-0.1, -0.05) is 0 Å². The van der Waals surface area contributed by atoms with Gasteiger partial charge in [-0.3, -0.25) is 14.4 Å². The first kappa shape index (κ1) is 26.2. The van der Waals surface area contributed by atoms with E-state index in [4.69, 9.17) is 11.5 Å². The highest BCUT2D eigenvalue weighted by Crippen LogP contribution is 2.19. The molecule has 1 aromatic rings. The van der Waals surface area contributed by atoms with Crippen LogP contribution < -0.4 is 22.1 Å². The summed E-state index contributed by atoms with van der Waals surface area (Å²) in [5, 5.41) is 24.0. The average molecular weight is 468 g/mol.